The molecule has 0 radical (unpaired) electrons. The van der Waals surface area contributed by atoms with Crippen LogP contribution in [0.3, 0.4) is 0 Å². The van der Waals surface area contributed by atoms with E-state index in [4.69, 9.17) is 9.16 Å². The summed E-state index contributed by atoms with van der Waals surface area (Å²) in [4.78, 5) is 26.2. The number of carbonyl (C=O) groups is 2. The van der Waals surface area contributed by atoms with Gasteiger partial charge in [-0.25, -0.2) is 17.9 Å². The summed E-state index contributed by atoms with van der Waals surface area (Å²) in [6, 6.07) is 47.2. The molecule has 5 aromatic carbocycles. The minimum absolute atomic E-state index is 0.122. The van der Waals surface area contributed by atoms with Gasteiger partial charge in [0.05, 0.1) is 11.5 Å². The predicted molar refractivity (Wildman–Crippen MR) is 242 cm³/mol. The number of hydrogen-bond donors (Lipinski definition) is 3. The van der Waals surface area contributed by atoms with E-state index < -0.39 is 38.1 Å². The first-order valence-electron chi connectivity index (χ1n) is 20.0. The molecule has 1 aliphatic rings. The van der Waals surface area contributed by atoms with E-state index in [1.54, 1.807) is 12.1 Å². The molecular formula is C47H58N2O7SSi2. The summed E-state index contributed by atoms with van der Waals surface area (Å²) in [5.74, 6) is -0.416. The molecule has 9 nitrogen and oxygen atoms in total. The maximum absolute atomic E-state index is 14.0. The number of amides is 1. The molecule has 1 amide bonds. The van der Waals surface area contributed by atoms with E-state index in [0.717, 1.165) is 10.4 Å². The van der Waals surface area contributed by atoms with E-state index in [2.05, 4.69) is 100 Å². The first-order valence-corrected chi connectivity index (χ1v) is 25.5. The van der Waals surface area contributed by atoms with Crippen LogP contribution >= 0.6 is 0 Å². The Morgan fingerprint density at radius 3 is 1.53 bits per heavy atom. The number of benzene rings is 5. The lowest BCUT2D eigenvalue weighted by molar-refractivity contribution is -0.143. The topological polar surface area (TPSA) is 131 Å². The number of hydrogen-bond acceptors (Lipinski definition) is 7. The van der Waals surface area contributed by atoms with Gasteiger partial charge in [0.25, 0.3) is 8.32 Å². The summed E-state index contributed by atoms with van der Waals surface area (Å²) in [6.45, 7) is 13.5. The molecule has 5 aromatic rings. The number of anilines is 1. The third-order valence-electron chi connectivity index (χ3n) is 11.2. The lowest BCUT2D eigenvalue weighted by atomic mass is 10.2. The molecule has 0 aromatic heterocycles. The maximum Gasteiger partial charge on any atom is 0.334 e. The molecule has 12 heteroatoms. The number of ether oxygens (including phenoxy) is 1. The largest absolute Gasteiger partial charge is 0.464 e. The van der Waals surface area contributed by atoms with E-state index in [9.17, 15) is 23.1 Å². The Balaban J connectivity index is 0.000000240. The van der Waals surface area contributed by atoms with Crippen molar-refractivity contribution in [1.29, 1.82) is 0 Å². The number of aliphatic hydroxyl groups excluding tert-OH is 1. The Kier molecular flexibility index (Phi) is 14.7. The molecular weight excluding hydrogens is 793 g/mol. The van der Waals surface area contributed by atoms with Crippen LogP contribution in [-0.4, -0.2) is 68.2 Å². The normalized spacial score (nSPS) is 15.4. The van der Waals surface area contributed by atoms with Gasteiger partial charge >= 0.3 is 5.97 Å². The third-order valence-corrected chi connectivity index (χ3v) is 24.1. The molecule has 0 bridgehead atoms. The summed E-state index contributed by atoms with van der Waals surface area (Å²) in [6.07, 6.45) is 0.464. The van der Waals surface area contributed by atoms with Gasteiger partial charge < -0.3 is 19.6 Å². The summed E-state index contributed by atoms with van der Waals surface area (Å²) in [5.41, 5.74) is 0.0314. The average molecular weight is 851 g/mol. The van der Waals surface area contributed by atoms with Crippen molar-refractivity contribution in [3.63, 3.8) is 0 Å². The SMILES string of the molecule is CC(C)(C)[Si](O[C@@H]1CCOC1=O)(c1ccccc1)c1ccccc1.CNS(=O)(=O)c1ccc(NC(=O)[C@H](CCO)[Si](c2ccccc2)(c2ccccc2)C(C)(C)C)cc1. The number of rotatable bonds is 13. The predicted octanol–water partition coefficient (Wildman–Crippen LogP) is 6.23. The first-order chi connectivity index (χ1) is 28.0. The average Bonchev–Trinajstić information content (AvgIpc) is 3.64. The van der Waals surface area contributed by atoms with Crippen molar-refractivity contribution < 1.29 is 32.3 Å². The maximum atomic E-state index is 14.0. The fourth-order valence-electron chi connectivity index (χ4n) is 8.59. The molecule has 1 saturated heterocycles. The number of nitrogens with one attached hydrogen (secondary N) is 2. The highest BCUT2D eigenvalue weighted by Gasteiger charge is 2.56. The van der Waals surface area contributed by atoms with Crippen molar-refractivity contribution in [1.82, 2.24) is 4.72 Å². The fourth-order valence-corrected chi connectivity index (χ4v) is 20.4. The van der Waals surface area contributed by atoms with Crippen LogP contribution in [0, 0.1) is 0 Å². The van der Waals surface area contributed by atoms with E-state index in [-0.39, 0.29) is 33.5 Å². The van der Waals surface area contributed by atoms with Crippen molar-refractivity contribution in [2.45, 2.75) is 81.0 Å². The zero-order chi connectivity index (χ0) is 42.9. The number of aliphatic hydroxyl groups is 1. The first kappa shape index (κ1) is 45.4. The van der Waals surface area contributed by atoms with Gasteiger partial charge in [0.15, 0.2) is 0 Å². The van der Waals surface area contributed by atoms with E-state index in [1.807, 2.05) is 72.8 Å². The third kappa shape index (κ3) is 9.69. The highest BCUT2D eigenvalue weighted by atomic mass is 32.2. The zero-order valence-electron chi connectivity index (χ0n) is 35.1. The Labute approximate surface area is 352 Å². The molecule has 2 atom stereocenters. The Hall–Kier alpha value is -4.70. The van der Waals surface area contributed by atoms with Crippen LogP contribution in [0.2, 0.25) is 15.6 Å². The Morgan fingerprint density at radius 2 is 1.17 bits per heavy atom. The monoisotopic (exact) mass is 850 g/mol. The van der Waals surface area contributed by atoms with E-state index in [1.165, 1.54) is 29.6 Å². The molecule has 0 saturated carbocycles. The van der Waals surface area contributed by atoms with Crippen LogP contribution < -0.4 is 30.8 Å². The van der Waals surface area contributed by atoms with Crippen LogP contribution in [0.4, 0.5) is 5.69 Å². The molecule has 0 spiro atoms. The molecule has 0 aliphatic carbocycles. The Bertz CT molecular complexity index is 2150. The molecule has 1 aliphatic heterocycles. The molecule has 1 heterocycles. The van der Waals surface area contributed by atoms with Crippen molar-refractivity contribution in [3.05, 3.63) is 146 Å². The van der Waals surface area contributed by atoms with Crippen molar-refractivity contribution >= 4 is 64.7 Å². The second-order valence-electron chi connectivity index (χ2n) is 16.8. The standard InChI is InChI=1S/C27H34N2O4SSi.C20H24O3Si/c1-27(2,3)35(23-11-7-5-8-12-23,24-13-9-6-10-14-24)25(19-20-30)26(31)29-21-15-17-22(18-16-21)34(32,33)28-4;1-20(2,3)24(16-10-6-4-7-11-16,17-12-8-5-9-13-17)23-18-14-15-22-19(18)21/h5-18,25,28,30H,19-20H2,1-4H3,(H,29,31);4-13,18H,14-15H2,1-3H3/t25-;18-/m01/s1. The van der Waals surface area contributed by atoms with Gasteiger partial charge in [-0.3, -0.25) is 4.79 Å². The van der Waals surface area contributed by atoms with Gasteiger partial charge in [0, 0.05) is 24.3 Å². The molecule has 6 rings (SSSR count). The van der Waals surface area contributed by atoms with E-state index in [0.29, 0.717) is 25.1 Å². The molecule has 0 unspecified atom stereocenters. The molecule has 1 fully saturated rings. The summed E-state index contributed by atoms with van der Waals surface area (Å²) >= 11 is 0. The number of sulfonamides is 1. The highest BCUT2D eigenvalue weighted by molar-refractivity contribution is 7.89. The highest BCUT2D eigenvalue weighted by Crippen LogP contribution is 2.45. The molecule has 59 heavy (non-hydrogen) atoms. The lowest BCUT2D eigenvalue weighted by Gasteiger charge is -2.48. The molecule has 3 N–H and O–H groups in total. The number of cyclic esters (lactones) is 1. The minimum Gasteiger partial charge on any atom is -0.464 e. The summed E-state index contributed by atoms with van der Waals surface area (Å²) in [7, 11) is -7.71. The van der Waals surface area contributed by atoms with Gasteiger partial charge in [-0.05, 0) is 58.2 Å². The second-order valence-corrected chi connectivity index (χ2v) is 27.9. The molecule has 312 valence electrons. The minimum atomic E-state index is -3.57. The quantitative estimate of drug-likeness (QED) is 0.0947. The van der Waals surface area contributed by atoms with Crippen LogP contribution in [0.1, 0.15) is 54.4 Å². The van der Waals surface area contributed by atoms with Gasteiger partial charge in [-0.2, -0.15) is 0 Å². The summed E-state index contributed by atoms with van der Waals surface area (Å²) < 4.78 is 38.3. The fraction of sp³-hybridized carbons (Fsp3) is 0.319. The van der Waals surface area contributed by atoms with Gasteiger partial charge in [-0.15, -0.1) is 0 Å². The number of carbonyl (C=O) groups excluding carboxylic acids is 2. The van der Waals surface area contributed by atoms with Crippen molar-refractivity contribution in [3.8, 4) is 0 Å². The van der Waals surface area contributed by atoms with Crippen LogP contribution in [0.15, 0.2) is 150 Å². The van der Waals surface area contributed by atoms with Crippen LogP contribution in [-0.2, 0) is 28.8 Å². The van der Waals surface area contributed by atoms with Gasteiger partial charge in [0.2, 0.25) is 15.9 Å². The second kappa shape index (κ2) is 19.1. The van der Waals surface area contributed by atoms with Gasteiger partial charge in [-0.1, -0.05) is 173 Å². The number of esters is 1. The lowest BCUT2D eigenvalue weighted by Crippen LogP contribution is -2.69. The van der Waals surface area contributed by atoms with E-state index >= 15 is 0 Å². The summed E-state index contributed by atoms with van der Waals surface area (Å²) in [5, 5.41) is 17.3. The zero-order valence-corrected chi connectivity index (χ0v) is 38.0. The Morgan fingerprint density at radius 1 is 0.729 bits per heavy atom. The van der Waals surface area contributed by atoms with Crippen LogP contribution in [0.5, 0.6) is 0 Å². The van der Waals surface area contributed by atoms with Gasteiger partial charge in [0.1, 0.15) is 14.2 Å². The van der Waals surface area contributed by atoms with Crippen molar-refractivity contribution in [2.24, 2.45) is 0 Å². The van der Waals surface area contributed by atoms with Crippen LogP contribution in [0.25, 0.3) is 0 Å². The van der Waals surface area contributed by atoms with Crippen molar-refractivity contribution in [2.75, 3.05) is 25.6 Å². The smallest absolute Gasteiger partial charge is 0.334 e.